The molecule has 0 radical (unpaired) electrons. The van der Waals surface area contributed by atoms with E-state index in [0.717, 1.165) is 0 Å². The van der Waals surface area contributed by atoms with Gasteiger partial charge in [0, 0.05) is 29.2 Å². The van der Waals surface area contributed by atoms with Crippen LogP contribution in [-0.4, -0.2) is 37.4 Å². The summed E-state index contributed by atoms with van der Waals surface area (Å²) < 4.78 is 16.6. The fourth-order valence-corrected chi connectivity index (χ4v) is 3.94. The molecule has 1 fully saturated rings. The van der Waals surface area contributed by atoms with Crippen LogP contribution in [0.4, 0.5) is 5.69 Å². The van der Waals surface area contributed by atoms with Crippen LogP contribution in [0.2, 0.25) is 5.02 Å². The first-order valence-electron chi connectivity index (χ1n) is 11.1. The lowest BCUT2D eigenvalue weighted by atomic mass is 10.1. The highest BCUT2D eigenvalue weighted by molar-refractivity contribution is 6.30. The molecule has 4 rings (SSSR count). The van der Waals surface area contributed by atoms with Crippen LogP contribution >= 0.6 is 11.6 Å². The minimum absolute atomic E-state index is 0.0140. The molecule has 1 aliphatic heterocycles. The van der Waals surface area contributed by atoms with Crippen LogP contribution in [0.25, 0.3) is 0 Å². The van der Waals surface area contributed by atoms with Gasteiger partial charge in [-0.05, 0) is 67.6 Å². The predicted octanol–water partition coefficient (Wildman–Crippen LogP) is 5.31. The second-order valence-corrected chi connectivity index (χ2v) is 8.54. The van der Waals surface area contributed by atoms with Gasteiger partial charge in [-0.2, -0.15) is 0 Å². The van der Waals surface area contributed by atoms with Crippen LogP contribution in [0.1, 0.15) is 23.7 Å². The Bertz CT molecular complexity index is 1230. The fraction of sp³-hybridized carbons (Fsp3) is 0.222. The summed E-state index contributed by atoms with van der Waals surface area (Å²) in [5.74, 6) is 0.0000139. The third kappa shape index (κ3) is 5.63. The summed E-state index contributed by atoms with van der Waals surface area (Å²) in [5, 5.41) is 0.509. The molecule has 180 valence electrons. The lowest BCUT2D eigenvalue weighted by Gasteiger charge is -2.18. The molecule has 0 N–H and O–H groups in total. The number of Topliss-reactive ketones (excluding diaryl/α,β-unsaturated/α-hetero) is 1. The summed E-state index contributed by atoms with van der Waals surface area (Å²) >= 11 is 5.86. The van der Waals surface area contributed by atoms with Crippen LogP contribution in [0.15, 0.2) is 72.8 Å². The largest absolute Gasteiger partial charge is 0.493 e. The first-order valence-corrected chi connectivity index (χ1v) is 11.4. The number of para-hydroxylation sites is 2. The molecule has 0 aliphatic carbocycles. The number of carbonyl (C=O) groups excluding carboxylic acids is 3. The van der Waals surface area contributed by atoms with Gasteiger partial charge in [-0.15, -0.1) is 0 Å². The summed E-state index contributed by atoms with van der Waals surface area (Å²) in [6.45, 7) is 1.69. The number of nitrogens with zero attached hydrogens (tertiary/aromatic N) is 1. The molecular weight excluding hydrogens is 470 g/mol. The number of amides is 1. The zero-order valence-electron chi connectivity index (χ0n) is 19.3. The van der Waals surface area contributed by atoms with Crippen LogP contribution in [0, 0.1) is 5.92 Å². The van der Waals surface area contributed by atoms with E-state index in [4.69, 9.17) is 25.8 Å². The molecule has 7 nitrogen and oxygen atoms in total. The van der Waals surface area contributed by atoms with E-state index in [1.807, 2.05) is 12.1 Å². The van der Waals surface area contributed by atoms with Crippen molar-refractivity contribution >= 4 is 34.9 Å². The predicted molar refractivity (Wildman–Crippen MR) is 131 cm³/mol. The number of hydrogen-bond donors (Lipinski definition) is 0. The average Bonchev–Trinajstić information content (AvgIpc) is 3.26. The summed E-state index contributed by atoms with van der Waals surface area (Å²) in [6, 6.07) is 20.7. The lowest BCUT2D eigenvalue weighted by Crippen LogP contribution is -2.30. The van der Waals surface area contributed by atoms with Crippen molar-refractivity contribution in [3.05, 3.63) is 83.4 Å². The zero-order valence-corrected chi connectivity index (χ0v) is 20.0. The van der Waals surface area contributed by atoms with Gasteiger partial charge in [-0.1, -0.05) is 23.7 Å². The number of carbonyl (C=O) groups is 3. The molecule has 1 amide bonds. The Morgan fingerprint density at radius 2 is 1.63 bits per heavy atom. The summed E-state index contributed by atoms with van der Waals surface area (Å²) in [4.78, 5) is 39.4. The first-order chi connectivity index (χ1) is 16.9. The Morgan fingerprint density at radius 3 is 2.29 bits per heavy atom. The van der Waals surface area contributed by atoms with Crippen molar-refractivity contribution in [2.24, 2.45) is 5.92 Å². The van der Waals surface area contributed by atoms with Gasteiger partial charge in [0.15, 0.2) is 17.6 Å². The highest BCUT2D eigenvalue weighted by atomic mass is 35.5. The number of esters is 1. The van der Waals surface area contributed by atoms with Gasteiger partial charge < -0.3 is 19.1 Å². The van der Waals surface area contributed by atoms with Crippen LogP contribution in [0.5, 0.6) is 17.2 Å². The Morgan fingerprint density at radius 1 is 0.971 bits per heavy atom. The quantitative estimate of drug-likeness (QED) is 0.312. The molecule has 3 aromatic carbocycles. The molecule has 1 aliphatic rings. The normalized spacial score (nSPS) is 16.0. The maximum atomic E-state index is 12.7. The van der Waals surface area contributed by atoms with Crippen molar-refractivity contribution in [3.8, 4) is 17.2 Å². The highest BCUT2D eigenvalue weighted by Gasteiger charge is 2.37. The minimum atomic E-state index is -0.973. The molecule has 1 heterocycles. The van der Waals surface area contributed by atoms with Gasteiger partial charge in [-0.25, -0.2) is 0 Å². The molecule has 0 spiro atoms. The minimum Gasteiger partial charge on any atom is -0.493 e. The summed E-state index contributed by atoms with van der Waals surface area (Å²) in [6.07, 6.45) is -0.959. The standard InChI is InChI=1S/C27H24ClNO6/c1-17(26(31)18-7-9-20(28)10-8-18)34-27(32)19-15-25(30)29(16-19)21-11-13-22(14-12-21)35-24-6-4-3-5-23(24)33-2/h3-14,17,19H,15-16H2,1-2H3/t17-,19+/m0/s1. The van der Waals surface area contributed by atoms with Crippen molar-refractivity contribution in [2.75, 3.05) is 18.6 Å². The number of anilines is 1. The summed E-state index contributed by atoms with van der Waals surface area (Å²) in [5.41, 5.74) is 1.04. The second kappa shape index (κ2) is 10.6. The highest BCUT2D eigenvalue weighted by Crippen LogP contribution is 2.33. The van der Waals surface area contributed by atoms with E-state index in [1.165, 1.54) is 11.8 Å². The van der Waals surface area contributed by atoms with E-state index in [0.29, 0.717) is 33.5 Å². The Labute approximate surface area is 208 Å². The van der Waals surface area contributed by atoms with Crippen LogP contribution in [0.3, 0.4) is 0 Å². The molecule has 0 bridgehead atoms. The van der Waals surface area contributed by atoms with Crippen molar-refractivity contribution < 1.29 is 28.6 Å². The van der Waals surface area contributed by atoms with Gasteiger partial charge in [-0.3, -0.25) is 14.4 Å². The zero-order chi connectivity index (χ0) is 24.9. The molecule has 0 saturated carbocycles. The third-order valence-electron chi connectivity index (χ3n) is 5.69. The molecule has 35 heavy (non-hydrogen) atoms. The van der Waals surface area contributed by atoms with E-state index >= 15 is 0 Å². The van der Waals surface area contributed by atoms with Crippen molar-refractivity contribution in [2.45, 2.75) is 19.4 Å². The van der Waals surface area contributed by atoms with Crippen LogP contribution < -0.4 is 14.4 Å². The number of halogens is 1. The topological polar surface area (TPSA) is 82.1 Å². The van der Waals surface area contributed by atoms with Gasteiger partial charge in [0.2, 0.25) is 11.7 Å². The molecule has 0 aromatic heterocycles. The Balaban J connectivity index is 1.37. The fourth-order valence-electron chi connectivity index (χ4n) is 3.81. The number of methoxy groups -OCH3 is 1. The first kappa shape index (κ1) is 24.3. The maximum absolute atomic E-state index is 12.7. The molecule has 1 saturated heterocycles. The van der Waals surface area contributed by atoms with Gasteiger partial charge in [0.05, 0.1) is 13.0 Å². The van der Waals surface area contributed by atoms with E-state index in [2.05, 4.69) is 0 Å². The van der Waals surface area contributed by atoms with Gasteiger partial charge in [0.25, 0.3) is 0 Å². The number of hydrogen-bond acceptors (Lipinski definition) is 6. The van der Waals surface area contributed by atoms with E-state index in [9.17, 15) is 14.4 Å². The Hall–Kier alpha value is -3.84. The van der Waals surface area contributed by atoms with E-state index in [1.54, 1.807) is 67.8 Å². The average molecular weight is 494 g/mol. The van der Waals surface area contributed by atoms with Gasteiger partial charge in [0.1, 0.15) is 5.75 Å². The Kier molecular flexibility index (Phi) is 7.36. The SMILES string of the molecule is COc1ccccc1Oc1ccc(N2C[C@H](C(=O)O[C@@H](C)C(=O)c3ccc(Cl)cc3)CC2=O)cc1. The van der Waals surface area contributed by atoms with Crippen molar-refractivity contribution in [3.63, 3.8) is 0 Å². The van der Waals surface area contributed by atoms with E-state index in [-0.39, 0.29) is 24.7 Å². The molecule has 2 atom stereocenters. The summed E-state index contributed by atoms with van der Waals surface area (Å²) in [7, 11) is 1.57. The lowest BCUT2D eigenvalue weighted by molar-refractivity contribution is -0.151. The molecule has 0 unspecified atom stereocenters. The molecule has 3 aromatic rings. The molecular formula is C27H24ClNO6. The van der Waals surface area contributed by atoms with Crippen molar-refractivity contribution in [1.29, 1.82) is 0 Å². The monoisotopic (exact) mass is 493 g/mol. The number of ether oxygens (including phenoxy) is 3. The van der Waals surface area contributed by atoms with E-state index < -0.39 is 18.0 Å². The number of benzene rings is 3. The smallest absolute Gasteiger partial charge is 0.312 e. The molecule has 8 heteroatoms. The number of rotatable bonds is 8. The third-order valence-corrected chi connectivity index (χ3v) is 5.95. The van der Waals surface area contributed by atoms with Gasteiger partial charge >= 0.3 is 5.97 Å². The maximum Gasteiger partial charge on any atom is 0.312 e. The second-order valence-electron chi connectivity index (χ2n) is 8.10. The number of ketones is 1. The van der Waals surface area contributed by atoms with Crippen molar-refractivity contribution in [1.82, 2.24) is 0 Å². The van der Waals surface area contributed by atoms with Crippen LogP contribution in [-0.2, 0) is 14.3 Å².